The smallest absolute Gasteiger partial charge is 0.393 e. The molecule has 4 unspecified atom stereocenters. The minimum Gasteiger partial charge on any atom is -0.393 e. The van der Waals surface area contributed by atoms with Crippen LogP contribution < -0.4 is 11.1 Å². The number of nitrogens with two attached hydrogens (primary N) is 1. The Morgan fingerprint density at radius 1 is 0.714 bits per heavy atom. The average molecular weight is 711 g/mol. The number of aliphatic hydroxyl groups excluding tert-OH is 2. The second-order valence-corrected chi connectivity index (χ2v) is 14.0. The lowest BCUT2D eigenvalue weighted by atomic mass is 10.0. The van der Waals surface area contributed by atoms with Crippen molar-refractivity contribution in [3.8, 4) is 0 Å². The van der Waals surface area contributed by atoms with Crippen LogP contribution in [0.2, 0.25) is 0 Å². The third-order valence-electron chi connectivity index (χ3n) is 7.85. The number of nitrogens with one attached hydrogen (secondary N) is 1. The molecular formula is C39H71N2O7P. The summed E-state index contributed by atoms with van der Waals surface area (Å²) in [4.78, 5) is 22.6. The maximum Gasteiger partial charge on any atom is 0.472 e. The van der Waals surface area contributed by atoms with Crippen LogP contribution in [0.25, 0.3) is 0 Å². The monoisotopic (exact) mass is 710 g/mol. The third-order valence-corrected chi connectivity index (χ3v) is 8.83. The van der Waals surface area contributed by atoms with Gasteiger partial charge in [0, 0.05) is 6.54 Å². The molecule has 4 atom stereocenters. The molecule has 10 heteroatoms. The zero-order chi connectivity index (χ0) is 36.3. The van der Waals surface area contributed by atoms with E-state index >= 15 is 0 Å². The number of hydrogen-bond acceptors (Lipinski definition) is 7. The van der Waals surface area contributed by atoms with Crippen LogP contribution in [0.4, 0.5) is 0 Å². The molecule has 0 fully saturated rings. The maximum atomic E-state index is 12.7. The number of phosphoric acid groups is 1. The van der Waals surface area contributed by atoms with E-state index in [0.717, 1.165) is 70.6 Å². The number of hydrogen-bond donors (Lipinski definition) is 5. The van der Waals surface area contributed by atoms with Crippen LogP contribution in [0, 0.1) is 0 Å². The van der Waals surface area contributed by atoms with Crippen molar-refractivity contribution in [2.24, 2.45) is 5.73 Å². The molecule has 0 aromatic carbocycles. The highest BCUT2D eigenvalue weighted by atomic mass is 31.2. The van der Waals surface area contributed by atoms with Gasteiger partial charge in [-0.2, -0.15) is 0 Å². The number of carbonyl (C=O) groups excluding carboxylic acids is 1. The fraction of sp³-hybridized carbons (Fsp3) is 0.718. The lowest BCUT2D eigenvalue weighted by Crippen LogP contribution is -2.46. The SMILES string of the molecule is CCCC/C=C/CC/C=C/CC/C=C/C(O)C(COP(=O)(O)OCCN)NC(=O)CC(O)CCCCCCC/C=C\C/C=C\CCCCC. The fourth-order valence-electron chi connectivity index (χ4n) is 4.93. The van der Waals surface area contributed by atoms with E-state index in [2.05, 4.69) is 67.8 Å². The lowest BCUT2D eigenvalue weighted by molar-refractivity contribution is -0.124. The van der Waals surface area contributed by atoms with E-state index in [1.165, 1.54) is 38.5 Å². The first kappa shape index (κ1) is 47.2. The van der Waals surface area contributed by atoms with E-state index < -0.39 is 38.6 Å². The van der Waals surface area contributed by atoms with E-state index in [1.807, 2.05) is 0 Å². The van der Waals surface area contributed by atoms with Crippen molar-refractivity contribution in [3.63, 3.8) is 0 Å². The molecule has 0 aromatic heterocycles. The largest absolute Gasteiger partial charge is 0.472 e. The molecule has 0 aromatic rings. The van der Waals surface area contributed by atoms with Crippen LogP contribution in [0.15, 0.2) is 60.8 Å². The van der Waals surface area contributed by atoms with Crippen LogP contribution in [0.1, 0.15) is 142 Å². The highest BCUT2D eigenvalue weighted by molar-refractivity contribution is 7.47. The molecule has 0 aliphatic rings. The molecule has 0 radical (unpaired) electrons. The Morgan fingerprint density at radius 2 is 1.24 bits per heavy atom. The molecule has 49 heavy (non-hydrogen) atoms. The van der Waals surface area contributed by atoms with E-state index in [4.69, 9.17) is 14.8 Å². The predicted octanol–water partition coefficient (Wildman–Crippen LogP) is 8.91. The predicted molar refractivity (Wildman–Crippen MR) is 204 cm³/mol. The van der Waals surface area contributed by atoms with Crippen molar-refractivity contribution in [1.29, 1.82) is 0 Å². The summed E-state index contributed by atoms with van der Waals surface area (Å²) < 4.78 is 21.9. The summed E-state index contributed by atoms with van der Waals surface area (Å²) in [5, 5.41) is 23.9. The molecular weight excluding hydrogens is 639 g/mol. The summed E-state index contributed by atoms with van der Waals surface area (Å²) in [7, 11) is -4.41. The molecule has 0 heterocycles. The number of amides is 1. The van der Waals surface area contributed by atoms with Gasteiger partial charge in [-0.05, 0) is 70.6 Å². The molecule has 6 N–H and O–H groups in total. The summed E-state index contributed by atoms with van der Waals surface area (Å²) in [6.45, 7) is 3.82. The minimum atomic E-state index is -4.41. The summed E-state index contributed by atoms with van der Waals surface area (Å²) in [5.41, 5.74) is 5.34. The topological polar surface area (TPSA) is 151 Å². The van der Waals surface area contributed by atoms with Crippen LogP contribution in [-0.4, -0.2) is 59.0 Å². The number of aliphatic hydroxyl groups is 2. The molecule has 0 saturated heterocycles. The Hall–Kier alpha value is -1.84. The number of unbranched alkanes of at least 4 members (excludes halogenated alkanes) is 12. The van der Waals surface area contributed by atoms with Crippen molar-refractivity contribution < 1.29 is 33.5 Å². The van der Waals surface area contributed by atoms with Crippen molar-refractivity contribution in [3.05, 3.63) is 60.8 Å². The Balaban J connectivity index is 4.51. The molecule has 1 amide bonds. The normalized spacial score (nSPS) is 15.6. The first-order valence-corrected chi connectivity index (χ1v) is 20.5. The fourth-order valence-corrected chi connectivity index (χ4v) is 5.69. The van der Waals surface area contributed by atoms with E-state index in [0.29, 0.717) is 12.8 Å². The van der Waals surface area contributed by atoms with Gasteiger partial charge in [0.25, 0.3) is 0 Å². The number of phosphoric ester groups is 1. The second-order valence-electron chi connectivity index (χ2n) is 12.6. The first-order chi connectivity index (χ1) is 23.8. The summed E-state index contributed by atoms with van der Waals surface area (Å²) in [5.74, 6) is -0.474. The molecule has 0 aliphatic carbocycles. The second kappa shape index (κ2) is 34.6. The molecule has 0 bridgehead atoms. The highest BCUT2D eigenvalue weighted by Crippen LogP contribution is 2.43. The van der Waals surface area contributed by atoms with Gasteiger partial charge >= 0.3 is 7.82 Å². The zero-order valence-corrected chi connectivity index (χ0v) is 31.7. The Kier molecular flexibility index (Phi) is 33.3. The average Bonchev–Trinajstić information content (AvgIpc) is 3.07. The molecule has 9 nitrogen and oxygen atoms in total. The van der Waals surface area contributed by atoms with Gasteiger partial charge in [0.2, 0.25) is 5.91 Å². The van der Waals surface area contributed by atoms with Crippen LogP contribution in [0.5, 0.6) is 0 Å². The van der Waals surface area contributed by atoms with Crippen molar-refractivity contribution in [2.45, 2.75) is 161 Å². The van der Waals surface area contributed by atoms with Gasteiger partial charge in [-0.1, -0.05) is 126 Å². The number of carbonyl (C=O) groups is 1. The first-order valence-electron chi connectivity index (χ1n) is 19.0. The van der Waals surface area contributed by atoms with Gasteiger partial charge in [-0.25, -0.2) is 4.57 Å². The van der Waals surface area contributed by atoms with E-state index in [1.54, 1.807) is 12.2 Å². The van der Waals surface area contributed by atoms with Crippen molar-refractivity contribution in [2.75, 3.05) is 19.8 Å². The summed E-state index contributed by atoms with van der Waals surface area (Å²) in [6.07, 6.45) is 38.8. The maximum absolute atomic E-state index is 12.7. The van der Waals surface area contributed by atoms with Gasteiger partial charge in [0.05, 0.1) is 37.9 Å². The lowest BCUT2D eigenvalue weighted by Gasteiger charge is -2.24. The van der Waals surface area contributed by atoms with Crippen LogP contribution >= 0.6 is 7.82 Å². The summed E-state index contributed by atoms with van der Waals surface area (Å²) >= 11 is 0. The molecule has 0 saturated carbocycles. The quantitative estimate of drug-likeness (QED) is 0.0252. The molecule has 0 aliphatic heterocycles. The Bertz CT molecular complexity index is 967. The zero-order valence-electron chi connectivity index (χ0n) is 30.8. The van der Waals surface area contributed by atoms with Gasteiger partial charge in [-0.3, -0.25) is 13.8 Å². The van der Waals surface area contributed by atoms with Crippen LogP contribution in [-0.2, 0) is 18.4 Å². The standard InChI is InChI=1S/C39H71N2O7P/c1-3-5-7-9-11-13-15-17-18-19-20-22-24-26-28-30-36(42)34-39(44)41-37(35-48-49(45,46)47-33-32-40)38(43)31-29-27-25-23-21-16-14-12-10-8-6-4-2/h10-13,17-18,21,23,29,31,36-38,42-43H,3-9,14-16,19-20,22,24-28,30,32-35,40H2,1-2H3,(H,41,44)(H,45,46)/b12-10+,13-11-,18-17-,23-21+,31-29+. The van der Waals surface area contributed by atoms with Crippen LogP contribution in [0.3, 0.4) is 0 Å². The van der Waals surface area contributed by atoms with Crippen molar-refractivity contribution >= 4 is 13.7 Å². The Morgan fingerprint density at radius 3 is 1.88 bits per heavy atom. The molecule has 0 spiro atoms. The Labute approximate surface area is 298 Å². The van der Waals surface area contributed by atoms with Gasteiger partial charge in [0.1, 0.15) is 0 Å². The van der Waals surface area contributed by atoms with E-state index in [-0.39, 0.29) is 19.6 Å². The van der Waals surface area contributed by atoms with Gasteiger partial charge in [0.15, 0.2) is 0 Å². The van der Waals surface area contributed by atoms with E-state index in [9.17, 15) is 24.5 Å². The van der Waals surface area contributed by atoms with Crippen molar-refractivity contribution in [1.82, 2.24) is 5.32 Å². The minimum absolute atomic E-state index is 0.0378. The van der Waals surface area contributed by atoms with Gasteiger partial charge < -0.3 is 26.2 Å². The number of allylic oxidation sites excluding steroid dienone is 9. The molecule has 0 rings (SSSR count). The molecule has 284 valence electrons. The van der Waals surface area contributed by atoms with Gasteiger partial charge in [-0.15, -0.1) is 0 Å². The third kappa shape index (κ3) is 33.1. The summed E-state index contributed by atoms with van der Waals surface area (Å²) in [6, 6.07) is -1.01. The highest BCUT2D eigenvalue weighted by Gasteiger charge is 2.27. The number of rotatable bonds is 34.